The van der Waals surface area contributed by atoms with E-state index in [9.17, 15) is 4.79 Å². The van der Waals surface area contributed by atoms with E-state index in [-0.39, 0.29) is 0 Å². The third-order valence-corrected chi connectivity index (χ3v) is 2.60. The van der Waals surface area contributed by atoms with Gasteiger partial charge in [-0.1, -0.05) is 0 Å². The van der Waals surface area contributed by atoms with Crippen LogP contribution >= 0.6 is 0 Å². The number of rotatable bonds is 1. The summed E-state index contributed by atoms with van der Waals surface area (Å²) in [4.78, 5) is 10.5. The standard InChI is InChI=1S/C7H10O3/c8-7(9)6-5-2-1-4(5)3-10-6/h4-6H,1-3H2,(H,8,9). The Balaban J connectivity index is 2.05. The van der Waals surface area contributed by atoms with Crippen LogP contribution in [0.5, 0.6) is 0 Å². The van der Waals surface area contributed by atoms with E-state index in [0.29, 0.717) is 18.4 Å². The quantitative estimate of drug-likeness (QED) is 0.579. The van der Waals surface area contributed by atoms with Crippen molar-refractivity contribution in [3.8, 4) is 0 Å². The lowest BCUT2D eigenvalue weighted by Crippen LogP contribution is -2.34. The van der Waals surface area contributed by atoms with Crippen LogP contribution in [0.1, 0.15) is 12.8 Å². The van der Waals surface area contributed by atoms with Crippen LogP contribution in [0.2, 0.25) is 0 Å². The van der Waals surface area contributed by atoms with Crippen LogP contribution < -0.4 is 0 Å². The fourth-order valence-corrected chi connectivity index (χ4v) is 1.81. The Morgan fingerprint density at radius 1 is 1.50 bits per heavy atom. The molecule has 1 N–H and O–H groups in total. The second kappa shape index (κ2) is 1.95. The van der Waals surface area contributed by atoms with Crippen LogP contribution in [0.3, 0.4) is 0 Å². The minimum absolute atomic E-state index is 0.331. The molecule has 0 amide bonds. The van der Waals surface area contributed by atoms with E-state index in [2.05, 4.69) is 0 Å². The number of carboxylic acid groups (broad SMARTS) is 1. The zero-order valence-electron chi connectivity index (χ0n) is 5.62. The van der Waals surface area contributed by atoms with Crippen molar-refractivity contribution < 1.29 is 14.6 Å². The zero-order valence-corrected chi connectivity index (χ0v) is 5.62. The molecule has 2 rings (SSSR count). The maximum atomic E-state index is 10.5. The summed E-state index contributed by atoms with van der Waals surface area (Å²) in [6.07, 6.45) is 1.72. The average molecular weight is 142 g/mol. The molecule has 3 heteroatoms. The summed E-state index contributed by atoms with van der Waals surface area (Å²) in [6, 6.07) is 0. The summed E-state index contributed by atoms with van der Waals surface area (Å²) >= 11 is 0. The minimum atomic E-state index is -0.785. The normalized spacial score (nSPS) is 44.2. The maximum absolute atomic E-state index is 10.5. The molecule has 1 aliphatic heterocycles. The van der Waals surface area contributed by atoms with Crippen LogP contribution in [0.4, 0.5) is 0 Å². The van der Waals surface area contributed by atoms with Crippen molar-refractivity contribution in [2.75, 3.05) is 6.61 Å². The molecule has 1 aliphatic carbocycles. The Kier molecular flexibility index (Phi) is 1.20. The van der Waals surface area contributed by atoms with Gasteiger partial charge in [-0.2, -0.15) is 0 Å². The van der Waals surface area contributed by atoms with E-state index < -0.39 is 12.1 Å². The summed E-state index contributed by atoms with van der Waals surface area (Å²) in [7, 11) is 0. The van der Waals surface area contributed by atoms with Gasteiger partial charge in [0.25, 0.3) is 0 Å². The Hall–Kier alpha value is -0.570. The van der Waals surface area contributed by atoms with Crippen molar-refractivity contribution in [3.63, 3.8) is 0 Å². The second-order valence-corrected chi connectivity index (χ2v) is 3.09. The molecule has 1 heterocycles. The fourth-order valence-electron chi connectivity index (χ4n) is 1.81. The predicted octanol–water partition coefficient (Wildman–Crippen LogP) is 0.496. The third kappa shape index (κ3) is 0.669. The lowest BCUT2D eigenvalue weighted by atomic mass is 9.73. The Morgan fingerprint density at radius 2 is 2.30 bits per heavy atom. The van der Waals surface area contributed by atoms with Crippen molar-refractivity contribution in [2.24, 2.45) is 11.8 Å². The largest absolute Gasteiger partial charge is 0.479 e. The molecule has 10 heavy (non-hydrogen) atoms. The van der Waals surface area contributed by atoms with E-state index >= 15 is 0 Å². The Bertz CT molecular complexity index is 166. The van der Waals surface area contributed by atoms with Gasteiger partial charge in [0.05, 0.1) is 6.61 Å². The van der Waals surface area contributed by atoms with E-state index in [4.69, 9.17) is 9.84 Å². The minimum Gasteiger partial charge on any atom is -0.479 e. The first-order chi connectivity index (χ1) is 4.79. The summed E-state index contributed by atoms with van der Waals surface area (Å²) in [5.41, 5.74) is 0. The topological polar surface area (TPSA) is 46.5 Å². The van der Waals surface area contributed by atoms with Gasteiger partial charge in [-0.25, -0.2) is 4.79 Å². The molecule has 3 nitrogen and oxygen atoms in total. The van der Waals surface area contributed by atoms with E-state index in [1.165, 1.54) is 0 Å². The lowest BCUT2D eigenvalue weighted by molar-refractivity contribution is -0.149. The van der Waals surface area contributed by atoms with Crippen molar-refractivity contribution in [2.45, 2.75) is 18.9 Å². The molecular weight excluding hydrogens is 132 g/mol. The lowest BCUT2D eigenvalue weighted by Gasteiger charge is -2.29. The third-order valence-electron chi connectivity index (χ3n) is 2.60. The summed E-state index contributed by atoms with van der Waals surface area (Å²) in [5.74, 6) is 0.103. The molecule has 1 saturated carbocycles. The van der Waals surface area contributed by atoms with Crippen LogP contribution in [-0.2, 0) is 9.53 Å². The van der Waals surface area contributed by atoms with Crippen molar-refractivity contribution in [1.29, 1.82) is 0 Å². The fraction of sp³-hybridized carbons (Fsp3) is 0.857. The van der Waals surface area contributed by atoms with Crippen LogP contribution in [0.25, 0.3) is 0 Å². The van der Waals surface area contributed by atoms with Gasteiger partial charge in [-0.3, -0.25) is 0 Å². The van der Waals surface area contributed by atoms with Crippen LogP contribution in [-0.4, -0.2) is 23.8 Å². The van der Waals surface area contributed by atoms with E-state index in [0.717, 1.165) is 12.8 Å². The summed E-state index contributed by atoms with van der Waals surface area (Å²) in [6.45, 7) is 0.668. The van der Waals surface area contributed by atoms with Gasteiger partial charge in [-0.05, 0) is 18.8 Å². The highest BCUT2D eigenvalue weighted by atomic mass is 16.5. The molecule has 3 atom stereocenters. The number of fused-ring (bicyclic) bond motifs is 1. The number of aliphatic carboxylic acids is 1. The predicted molar refractivity (Wildman–Crippen MR) is 33.6 cm³/mol. The molecule has 0 spiro atoms. The van der Waals surface area contributed by atoms with E-state index in [1.54, 1.807) is 0 Å². The van der Waals surface area contributed by atoms with Crippen LogP contribution in [0, 0.1) is 11.8 Å². The molecule has 0 aromatic rings. The summed E-state index contributed by atoms with van der Waals surface area (Å²) in [5, 5.41) is 8.61. The molecule has 0 bridgehead atoms. The smallest absolute Gasteiger partial charge is 0.333 e. The monoisotopic (exact) mass is 142 g/mol. The number of carbonyl (C=O) groups is 1. The van der Waals surface area contributed by atoms with Gasteiger partial charge >= 0.3 is 5.97 Å². The molecular formula is C7H10O3. The first-order valence-electron chi connectivity index (χ1n) is 3.63. The molecule has 3 unspecified atom stereocenters. The van der Waals surface area contributed by atoms with Gasteiger partial charge in [0.2, 0.25) is 0 Å². The highest BCUT2D eigenvalue weighted by molar-refractivity contribution is 5.73. The number of hydrogen-bond acceptors (Lipinski definition) is 2. The Morgan fingerprint density at radius 3 is 2.60 bits per heavy atom. The molecule has 0 aromatic heterocycles. The molecule has 2 aliphatic rings. The molecule has 2 fully saturated rings. The van der Waals surface area contributed by atoms with Gasteiger partial charge in [0.1, 0.15) is 0 Å². The highest BCUT2D eigenvalue weighted by Crippen LogP contribution is 2.43. The van der Waals surface area contributed by atoms with Gasteiger partial charge in [-0.15, -0.1) is 0 Å². The second-order valence-electron chi connectivity index (χ2n) is 3.09. The van der Waals surface area contributed by atoms with Crippen LogP contribution in [0.15, 0.2) is 0 Å². The molecule has 1 saturated heterocycles. The summed E-state index contributed by atoms with van der Waals surface area (Å²) < 4.78 is 5.10. The maximum Gasteiger partial charge on any atom is 0.333 e. The average Bonchev–Trinajstić information content (AvgIpc) is 2.07. The first kappa shape index (κ1) is 6.16. The number of hydrogen-bond donors (Lipinski definition) is 1. The van der Waals surface area contributed by atoms with Crippen molar-refractivity contribution in [1.82, 2.24) is 0 Å². The SMILES string of the molecule is O=C(O)C1OCC2CCC21. The van der Waals surface area contributed by atoms with Gasteiger partial charge in [0.15, 0.2) is 6.10 Å². The molecule has 0 radical (unpaired) electrons. The number of carboxylic acids is 1. The zero-order chi connectivity index (χ0) is 7.14. The van der Waals surface area contributed by atoms with E-state index in [1.807, 2.05) is 0 Å². The van der Waals surface area contributed by atoms with Gasteiger partial charge in [0, 0.05) is 5.92 Å². The number of ether oxygens (including phenoxy) is 1. The van der Waals surface area contributed by atoms with Gasteiger partial charge < -0.3 is 9.84 Å². The highest BCUT2D eigenvalue weighted by Gasteiger charge is 2.46. The first-order valence-corrected chi connectivity index (χ1v) is 3.63. The Labute approximate surface area is 59.0 Å². The molecule has 0 aromatic carbocycles. The van der Waals surface area contributed by atoms with Crippen molar-refractivity contribution in [3.05, 3.63) is 0 Å². The molecule has 56 valence electrons. The van der Waals surface area contributed by atoms with Crippen molar-refractivity contribution >= 4 is 5.97 Å².